The molecule has 3 nitrogen and oxygen atoms in total. The summed E-state index contributed by atoms with van der Waals surface area (Å²) in [5.74, 6) is 0.829. The average Bonchev–Trinajstić information content (AvgIpc) is 2.76. The van der Waals surface area contributed by atoms with Gasteiger partial charge in [-0.05, 0) is 81.3 Å². The summed E-state index contributed by atoms with van der Waals surface area (Å²) < 4.78 is 6.05. The summed E-state index contributed by atoms with van der Waals surface area (Å²) in [7, 11) is 0. The maximum atomic E-state index is 6.23. The van der Waals surface area contributed by atoms with Crippen molar-refractivity contribution in [3.63, 3.8) is 0 Å². The van der Waals surface area contributed by atoms with Gasteiger partial charge in [-0.3, -0.25) is 0 Å². The molecule has 31 heavy (non-hydrogen) atoms. The molecule has 0 aliphatic carbocycles. The molecule has 0 spiro atoms. The predicted molar refractivity (Wildman–Crippen MR) is 135 cm³/mol. The van der Waals surface area contributed by atoms with Gasteiger partial charge in [0.25, 0.3) is 0 Å². The fraction of sp³-hybridized carbons (Fsp3) is 0.520. The van der Waals surface area contributed by atoms with E-state index in [1.807, 2.05) is 30.3 Å². The molecule has 2 rings (SSSR count). The van der Waals surface area contributed by atoms with E-state index in [2.05, 4.69) is 24.1 Å². The van der Waals surface area contributed by atoms with E-state index in [4.69, 9.17) is 39.5 Å². The zero-order valence-electron chi connectivity index (χ0n) is 18.7. The summed E-state index contributed by atoms with van der Waals surface area (Å²) in [5, 5.41) is 5.34. The molecule has 2 aromatic rings. The van der Waals surface area contributed by atoms with Gasteiger partial charge in [0.1, 0.15) is 12.4 Å². The second-order valence-electron chi connectivity index (χ2n) is 7.87. The van der Waals surface area contributed by atoms with Crippen LogP contribution in [0.2, 0.25) is 15.1 Å². The molecule has 172 valence electrons. The maximum absolute atomic E-state index is 6.23. The molecule has 2 aromatic carbocycles. The first-order chi connectivity index (χ1) is 15.0. The number of hydrogen-bond donors (Lipinski definition) is 1. The van der Waals surface area contributed by atoms with Crippen LogP contribution in [-0.2, 0) is 13.2 Å². The van der Waals surface area contributed by atoms with E-state index in [0.29, 0.717) is 21.7 Å². The first-order valence-electron chi connectivity index (χ1n) is 11.3. The highest BCUT2D eigenvalue weighted by atomic mass is 35.5. The maximum Gasteiger partial charge on any atom is 0.124 e. The van der Waals surface area contributed by atoms with E-state index < -0.39 is 0 Å². The lowest BCUT2D eigenvalue weighted by Crippen LogP contribution is -2.29. The second kappa shape index (κ2) is 15.0. The van der Waals surface area contributed by atoms with Crippen molar-refractivity contribution < 1.29 is 4.74 Å². The third kappa shape index (κ3) is 10.0. The summed E-state index contributed by atoms with van der Waals surface area (Å²) in [4.78, 5) is 2.60. The molecule has 0 fully saturated rings. The lowest BCUT2D eigenvalue weighted by molar-refractivity contribution is 0.260. The Labute approximate surface area is 203 Å². The van der Waals surface area contributed by atoms with Crippen molar-refractivity contribution in [3.05, 3.63) is 62.6 Å². The fourth-order valence-corrected chi connectivity index (χ4v) is 3.88. The summed E-state index contributed by atoms with van der Waals surface area (Å²) in [6.45, 7) is 10.2. The van der Waals surface area contributed by atoms with Gasteiger partial charge in [0.05, 0.1) is 10.0 Å². The van der Waals surface area contributed by atoms with Crippen molar-refractivity contribution in [3.8, 4) is 5.75 Å². The minimum absolute atomic E-state index is 0.426. The van der Waals surface area contributed by atoms with Crippen LogP contribution in [-0.4, -0.2) is 31.1 Å². The van der Waals surface area contributed by atoms with E-state index in [0.717, 1.165) is 42.9 Å². The Morgan fingerprint density at radius 2 is 1.55 bits per heavy atom. The van der Waals surface area contributed by atoms with Gasteiger partial charge in [-0.15, -0.1) is 0 Å². The summed E-state index contributed by atoms with van der Waals surface area (Å²) in [6, 6.07) is 11.3. The minimum Gasteiger partial charge on any atom is -0.489 e. The summed E-state index contributed by atoms with van der Waals surface area (Å²) in [5.41, 5.74) is 2.03. The molecule has 0 bridgehead atoms. The highest BCUT2D eigenvalue weighted by Gasteiger charge is 2.08. The van der Waals surface area contributed by atoms with Gasteiger partial charge in [0.2, 0.25) is 0 Å². The highest BCUT2D eigenvalue weighted by molar-refractivity contribution is 6.42. The smallest absolute Gasteiger partial charge is 0.124 e. The van der Waals surface area contributed by atoms with Crippen molar-refractivity contribution in [1.82, 2.24) is 10.2 Å². The van der Waals surface area contributed by atoms with Crippen LogP contribution < -0.4 is 10.1 Å². The minimum atomic E-state index is 0.426. The predicted octanol–water partition coefficient (Wildman–Crippen LogP) is 7.61. The molecule has 0 aliphatic heterocycles. The van der Waals surface area contributed by atoms with Crippen LogP contribution >= 0.6 is 34.8 Å². The molecular weight excluding hydrogens is 451 g/mol. The Kier molecular flexibility index (Phi) is 12.7. The van der Waals surface area contributed by atoms with E-state index in [1.54, 1.807) is 6.07 Å². The SMILES string of the molecule is CCCCN(CCCC)CCCNCc1cc(Cl)ccc1OCc1ccc(Cl)c(Cl)c1. The molecule has 0 amide bonds. The molecule has 0 aliphatic rings. The zero-order chi connectivity index (χ0) is 22.5. The highest BCUT2D eigenvalue weighted by Crippen LogP contribution is 2.26. The zero-order valence-corrected chi connectivity index (χ0v) is 21.0. The van der Waals surface area contributed by atoms with Gasteiger partial charge in [0, 0.05) is 17.1 Å². The van der Waals surface area contributed by atoms with Crippen molar-refractivity contribution in [2.75, 3.05) is 26.2 Å². The topological polar surface area (TPSA) is 24.5 Å². The molecule has 0 aromatic heterocycles. The Hall–Kier alpha value is -0.970. The molecule has 1 N–H and O–H groups in total. The monoisotopic (exact) mass is 484 g/mol. The van der Waals surface area contributed by atoms with E-state index in [-0.39, 0.29) is 0 Å². The molecule has 0 atom stereocenters. The van der Waals surface area contributed by atoms with Crippen molar-refractivity contribution in [2.45, 2.75) is 59.1 Å². The van der Waals surface area contributed by atoms with E-state index >= 15 is 0 Å². The van der Waals surface area contributed by atoms with Gasteiger partial charge >= 0.3 is 0 Å². The number of nitrogens with one attached hydrogen (secondary N) is 1. The van der Waals surface area contributed by atoms with Crippen molar-refractivity contribution >= 4 is 34.8 Å². The van der Waals surface area contributed by atoms with Crippen molar-refractivity contribution in [1.29, 1.82) is 0 Å². The van der Waals surface area contributed by atoms with Crippen LogP contribution in [0.5, 0.6) is 5.75 Å². The second-order valence-corrected chi connectivity index (χ2v) is 9.12. The third-order valence-electron chi connectivity index (χ3n) is 5.20. The molecular formula is C25H35Cl3N2O. The largest absolute Gasteiger partial charge is 0.489 e. The number of unbranched alkanes of at least 4 members (excludes halogenated alkanes) is 2. The fourth-order valence-electron chi connectivity index (χ4n) is 3.37. The molecule has 0 saturated heterocycles. The average molecular weight is 486 g/mol. The van der Waals surface area contributed by atoms with Crippen LogP contribution in [0.1, 0.15) is 57.1 Å². The number of hydrogen-bond acceptors (Lipinski definition) is 3. The summed E-state index contributed by atoms with van der Waals surface area (Å²) >= 11 is 18.3. The lowest BCUT2D eigenvalue weighted by atomic mass is 10.2. The first-order valence-corrected chi connectivity index (χ1v) is 12.4. The molecule has 0 unspecified atom stereocenters. The van der Waals surface area contributed by atoms with E-state index in [1.165, 1.54) is 38.8 Å². The normalized spacial score (nSPS) is 11.3. The first kappa shape index (κ1) is 26.3. The van der Waals surface area contributed by atoms with Gasteiger partial charge in [-0.1, -0.05) is 67.6 Å². The number of rotatable bonds is 15. The van der Waals surface area contributed by atoms with Crippen LogP contribution in [0.4, 0.5) is 0 Å². The van der Waals surface area contributed by atoms with Gasteiger partial charge in [-0.25, -0.2) is 0 Å². The lowest BCUT2D eigenvalue weighted by Gasteiger charge is -2.22. The van der Waals surface area contributed by atoms with Gasteiger partial charge in [-0.2, -0.15) is 0 Å². The quantitative estimate of drug-likeness (QED) is 0.263. The van der Waals surface area contributed by atoms with Crippen molar-refractivity contribution in [2.24, 2.45) is 0 Å². The third-order valence-corrected chi connectivity index (χ3v) is 6.17. The molecule has 6 heteroatoms. The standard InChI is InChI=1S/C25H35Cl3N2O/c1-3-5-13-30(14-6-4-2)15-7-12-29-18-21-17-22(26)9-11-25(21)31-19-20-8-10-23(27)24(28)16-20/h8-11,16-17,29H,3-7,12-15,18-19H2,1-2H3. The van der Waals surface area contributed by atoms with Crippen LogP contribution in [0, 0.1) is 0 Å². The Morgan fingerprint density at radius 1 is 0.839 bits per heavy atom. The van der Waals surface area contributed by atoms with Crippen LogP contribution in [0.3, 0.4) is 0 Å². The van der Waals surface area contributed by atoms with Crippen LogP contribution in [0.25, 0.3) is 0 Å². The number of halogens is 3. The molecule has 0 radical (unpaired) electrons. The molecule has 0 heterocycles. The number of ether oxygens (including phenoxy) is 1. The number of nitrogens with zero attached hydrogens (tertiary/aromatic N) is 1. The Balaban J connectivity index is 1.82. The van der Waals surface area contributed by atoms with E-state index in [9.17, 15) is 0 Å². The van der Waals surface area contributed by atoms with Gasteiger partial charge in [0.15, 0.2) is 0 Å². The van der Waals surface area contributed by atoms with Gasteiger partial charge < -0.3 is 15.0 Å². The molecule has 0 saturated carbocycles. The summed E-state index contributed by atoms with van der Waals surface area (Å²) in [6.07, 6.45) is 6.19. The Bertz CT molecular complexity index is 777. The van der Waals surface area contributed by atoms with Crippen LogP contribution in [0.15, 0.2) is 36.4 Å². The Morgan fingerprint density at radius 3 is 2.23 bits per heavy atom. The number of benzene rings is 2.